The topological polar surface area (TPSA) is 88.2 Å². The summed E-state index contributed by atoms with van der Waals surface area (Å²) in [5.74, 6) is -0.127. The lowest BCUT2D eigenvalue weighted by Crippen LogP contribution is -2.51. The van der Waals surface area contributed by atoms with Gasteiger partial charge in [0.2, 0.25) is 0 Å². The molecule has 8 nitrogen and oxygen atoms in total. The van der Waals surface area contributed by atoms with Crippen molar-refractivity contribution >= 4 is 28.8 Å². The summed E-state index contributed by atoms with van der Waals surface area (Å²) >= 11 is -1.47. The van der Waals surface area contributed by atoms with Crippen molar-refractivity contribution < 1.29 is 22.7 Å². The summed E-state index contributed by atoms with van der Waals surface area (Å²) in [5, 5.41) is 2.98. The molecule has 2 heterocycles. The molecule has 0 radical (unpaired) electrons. The smallest absolute Gasteiger partial charge is 0.410 e. The largest absolute Gasteiger partial charge is 0.444 e. The van der Waals surface area contributed by atoms with Gasteiger partial charge in [0.15, 0.2) is 11.1 Å². The Balaban J connectivity index is 1.40. The molecular weight excluding hydrogens is 502 g/mol. The van der Waals surface area contributed by atoms with E-state index in [1.165, 1.54) is 7.11 Å². The van der Waals surface area contributed by atoms with Crippen molar-refractivity contribution in [2.45, 2.75) is 76.0 Å². The van der Waals surface area contributed by atoms with Crippen LogP contribution < -0.4 is 10.2 Å². The third kappa shape index (κ3) is 7.14. The van der Waals surface area contributed by atoms with Crippen LogP contribution in [0.25, 0.3) is 0 Å². The van der Waals surface area contributed by atoms with Gasteiger partial charge >= 0.3 is 6.09 Å². The van der Waals surface area contributed by atoms with Gasteiger partial charge in [-0.1, -0.05) is 12.1 Å². The number of piperidine rings is 1. The summed E-state index contributed by atoms with van der Waals surface area (Å²) < 4.78 is 22.2. The quantitative estimate of drug-likeness (QED) is 0.540. The van der Waals surface area contributed by atoms with Gasteiger partial charge in [0.1, 0.15) is 5.60 Å². The predicted molar refractivity (Wildman–Crippen MR) is 149 cm³/mol. The third-order valence-electron chi connectivity index (χ3n) is 6.96. The van der Waals surface area contributed by atoms with Gasteiger partial charge < -0.3 is 19.9 Å². The Morgan fingerprint density at radius 1 is 1.05 bits per heavy atom. The van der Waals surface area contributed by atoms with E-state index in [1.54, 1.807) is 12.1 Å². The number of hydrogen-bond donors (Lipinski definition) is 1. The summed E-state index contributed by atoms with van der Waals surface area (Å²) in [6.07, 6.45) is 4.78. The molecule has 2 aliphatic rings. The second-order valence-electron chi connectivity index (χ2n) is 10.9. The van der Waals surface area contributed by atoms with Crippen molar-refractivity contribution in [2.24, 2.45) is 0 Å². The molecule has 2 aromatic rings. The fraction of sp³-hybridized carbons (Fsp3) is 0.517. The number of likely N-dealkylation sites (tertiary alicyclic amines) is 1. The molecule has 1 saturated heterocycles. The number of anilines is 1. The van der Waals surface area contributed by atoms with Crippen LogP contribution in [0.2, 0.25) is 0 Å². The van der Waals surface area contributed by atoms with E-state index < -0.39 is 16.7 Å². The van der Waals surface area contributed by atoms with Crippen molar-refractivity contribution in [1.29, 1.82) is 0 Å². The first-order chi connectivity index (χ1) is 18.1. The molecule has 2 amide bonds. The fourth-order valence-electron chi connectivity index (χ4n) is 5.11. The molecule has 9 heteroatoms. The Labute approximate surface area is 228 Å². The first kappa shape index (κ1) is 28.1. The Morgan fingerprint density at radius 2 is 1.82 bits per heavy atom. The number of rotatable bonds is 7. The van der Waals surface area contributed by atoms with Crippen LogP contribution in [0.15, 0.2) is 47.4 Å². The number of fused-ring (bicyclic) bond motifs is 1. The highest BCUT2D eigenvalue weighted by Crippen LogP contribution is 2.30. The molecule has 2 aliphatic heterocycles. The molecule has 0 saturated carbocycles. The van der Waals surface area contributed by atoms with E-state index in [4.69, 9.17) is 8.92 Å². The minimum Gasteiger partial charge on any atom is -0.444 e. The summed E-state index contributed by atoms with van der Waals surface area (Å²) in [7, 11) is 1.40. The van der Waals surface area contributed by atoms with E-state index in [0.717, 1.165) is 68.6 Å². The number of carbonyl (C=O) groups is 2. The lowest BCUT2D eigenvalue weighted by molar-refractivity contribution is 0.0107. The van der Waals surface area contributed by atoms with Gasteiger partial charge in [-0.05, 0) is 94.3 Å². The van der Waals surface area contributed by atoms with Crippen LogP contribution in [0.1, 0.15) is 67.9 Å². The number of carbonyl (C=O) groups excluding carboxylic acids is 2. The molecule has 1 N–H and O–H groups in total. The standard InChI is InChI=1S/C29H39N3O5S/c1-29(2,3)37-28(34)32-17-6-5-9-24(32)20-31-16-7-8-22-18-23(12-15-26(22)31)27(33)30-19-21-10-13-25(14-11-21)38(35)36-4/h10-15,18,24H,5-9,16-17,19-20H2,1-4H3,(H,30,33). The van der Waals surface area contributed by atoms with Gasteiger partial charge in [-0.3, -0.25) is 8.98 Å². The zero-order valence-corrected chi connectivity index (χ0v) is 23.6. The molecular formula is C29H39N3O5S. The average Bonchev–Trinajstić information content (AvgIpc) is 2.90. The molecule has 2 atom stereocenters. The molecule has 2 aromatic carbocycles. The third-order valence-corrected chi connectivity index (χ3v) is 7.92. The van der Waals surface area contributed by atoms with E-state index in [2.05, 4.69) is 10.2 Å². The molecule has 2 unspecified atom stereocenters. The van der Waals surface area contributed by atoms with Crippen molar-refractivity contribution in [2.75, 3.05) is 31.6 Å². The molecule has 38 heavy (non-hydrogen) atoms. The Bertz CT molecular complexity index is 1160. The first-order valence-corrected chi connectivity index (χ1v) is 14.4. The van der Waals surface area contributed by atoms with Crippen LogP contribution in [0, 0.1) is 0 Å². The minimum atomic E-state index is -1.47. The molecule has 0 aliphatic carbocycles. The lowest BCUT2D eigenvalue weighted by Gasteiger charge is -2.41. The summed E-state index contributed by atoms with van der Waals surface area (Å²) in [6, 6.07) is 13.2. The average molecular weight is 542 g/mol. The van der Waals surface area contributed by atoms with Crippen molar-refractivity contribution in [3.8, 4) is 0 Å². The molecule has 0 aromatic heterocycles. The van der Waals surface area contributed by atoms with Gasteiger partial charge in [-0.25, -0.2) is 9.00 Å². The minimum absolute atomic E-state index is 0.111. The Hall–Kier alpha value is -2.91. The van der Waals surface area contributed by atoms with Gasteiger partial charge in [0.05, 0.1) is 18.0 Å². The summed E-state index contributed by atoms with van der Waals surface area (Å²) in [4.78, 5) is 30.6. The van der Waals surface area contributed by atoms with Gasteiger partial charge in [-0.15, -0.1) is 0 Å². The highest BCUT2D eigenvalue weighted by Gasteiger charge is 2.32. The van der Waals surface area contributed by atoms with E-state index in [-0.39, 0.29) is 18.0 Å². The van der Waals surface area contributed by atoms with E-state index >= 15 is 0 Å². The van der Waals surface area contributed by atoms with Crippen LogP contribution in [0.4, 0.5) is 10.5 Å². The normalized spacial score (nSPS) is 18.5. The summed E-state index contributed by atoms with van der Waals surface area (Å²) in [5.41, 5.74) is 3.35. The van der Waals surface area contributed by atoms with E-state index in [9.17, 15) is 13.8 Å². The van der Waals surface area contributed by atoms with Crippen LogP contribution in [0.3, 0.4) is 0 Å². The molecule has 1 fully saturated rings. The van der Waals surface area contributed by atoms with Crippen LogP contribution >= 0.6 is 0 Å². The second-order valence-corrected chi connectivity index (χ2v) is 12.2. The number of benzene rings is 2. The van der Waals surface area contributed by atoms with Crippen LogP contribution in [-0.2, 0) is 33.0 Å². The number of ether oxygens (including phenoxy) is 1. The first-order valence-electron chi connectivity index (χ1n) is 13.4. The van der Waals surface area contributed by atoms with Crippen LogP contribution in [0.5, 0.6) is 0 Å². The number of nitrogens with zero attached hydrogens (tertiary/aromatic N) is 2. The number of hydrogen-bond acceptors (Lipinski definition) is 6. The zero-order chi connectivity index (χ0) is 27.3. The molecule has 0 bridgehead atoms. The van der Waals surface area contributed by atoms with Crippen molar-refractivity contribution in [1.82, 2.24) is 10.2 Å². The van der Waals surface area contributed by atoms with E-state index in [1.807, 2.05) is 56.0 Å². The Morgan fingerprint density at radius 3 is 2.53 bits per heavy atom. The number of amides is 2. The molecule has 0 spiro atoms. The highest BCUT2D eigenvalue weighted by molar-refractivity contribution is 7.80. The predicted octanol–water partition coefficient (Wildman–Crippen LogP) is 4.83. The maximum atomic E-state index is 12.9. The summed E-state index contributed by atoms with van der Waals surface area (Å²) in [6.45, 7) is 8.51. The highest BCUT2D eigenvalue weighted by atomic mass is 32.2. The lowest BCUT2D eigenvalue weighted by atomic mass is 9.96. The monoisotopic (exact) mass is 541 g/mol. The van der Waals surface area contributed by atoms with Crippen molar-refractivity contribution in [3.63, 3.8) is 0 Å². The molecule has 4 rings (SSSR count). The zero-order valence-electron chi connectivity index (χ0n) is 22.8. The maximum Gasteiger partial charge on any atom is 0.410 e. The maximum absolute atomic E-state index is 12.9. The van der Waals surface area contributed by atoms with Crippen molar-refractivity contribution in [3.05, 3.63) is 59.2 Å². The Kier molecular flexibility index (Phi) is 9.10. The SMILES string of the molecule is COS(=O)c1ccc(CNC(=O)c2ccc3c(c2)CCCN3CC2CCCCN2C(=O)OC(C)(C)C)cc1. The van der Waals surface area contributed by atoms with E-state index in [0.29, 0.717) is 17.0 Å². The fourth-order valence-corrected chi connectivity index (χ4v) is 5.66. The molecule has 206 valence electrons. The number of aryl methyl sites for hydroxylation is 1. The van der Waals surface area contributed by atoms with Crippen LogP contribution in [-0.4, -0.2) is 59.5 Å². The second kappa shape index (κ2) is 12.3. The number of nitrogens with one attached hydrogen (secondary N) is 1. The van der Waals surface area contributed by atoms with Gasteiger partial charge in [-0.2, -0.15) is 0 Å². The van der Waals surface area contributed by atoms with Gasteiger partial charge in [0, 0.05) is 37.4 Å². The van der Waals surface area contributed by atoms with Gasteiger partial charge in [0.25, 0.3) is 5.91 Å².